The van der Waals surface area contributed by atoms with Gasteiger partial charge in [0.2, 0.25) is 5.79 Å². The summed E-state index contributed by atoms with van der Waals surface area (Å²) in [6, 6.07) is 2.86. The van der Waals surface area contributed by atoms with Crippen LogP contribution in [0.5, 0.6) is 5.75 Å². The number of nitrogens with zero attached hydrogens (tertiary/aromatic N) is 1. The Hall–Kier alpha value is -5.97. The fourth-order valence-corrected chi connectivity index (χ4v) is 19.8. The van der Waals surface area contributed by atoms with Gasteiger partial charge in [0.1, 0.15) is 37.0 Å². The Labute approximate surface area is 760 Å². The Balaban J connectivity index is 1.11. The molecule has 2 saturated heterocycles. The summed E-state index contributed by atoms with van der Waals surface area (Å²) < 4.78 is 54.0. The number of methoxy groups -OCH3 is 3. The number of carbonyl (C=O) groups excluding carboxylic acids is 9. The average Bonchev–Trinajstić information content (AvgIpc) is 0.760. The second-order valence-electron chi connectivity index (χ2n) is 38.9. The van der Waals surface area contributed by atoms with Crippen LogP contribution in [0.15, 0.2) is 48.1 Å². The van der Waals surface area contributed by atoms with E-state index in [4.69, 9.17) is 42.6 Å². The Morgan fingerprint density at radius 1 is 0.579 bits per heavy atom. The van der Waals surface area contributed by atoms with E-state index >= 15 is 4.79 Å². The second kappa shape index (κ2) is 61.6. The number of ketones is 3. The smallest absolute Gasteiger partial charge is 0.311 e. The second-order valence-corrected chi connectivity index (χ2v) is 38.9. The Bertz CT molecular complexity index is 3410. The first-order valence-corrected chi connectivity index (χ1v) is 50.0. The molecule has 0 spiro atoms. The predicted molar refractivity (Wildman–Crippen MR) is 497 cm³/mol. The fourth-order valence-electron chi connectivity index (χ4n) is 19.8. The quantitative estimate of drug-likeness (QED) is 0.0153. The van der Waals surface area contributed by atoms with Crippen LogP contribution in [0.1, 0.15) is 406 Å². The third kappa shape index (κ3) is 40.4. The number of aliphatic hydroxyl groups is 2. The van der Waals surface area contributed by atoms with Crippen LogP contribution in [0.25, 0.3) is 0 Å². The lowest BCUT2D eigenvalue weighted by Gasteiger charge is -2.47. The van der Waals surface area contributed by atoms with Crippen molar-refractivity contribution in [3.05, 3.63) is 64.8 Å². The minimum atomic E-state index is -2.54. The van der Waals surface area contributed by atoms with Crippen molar-refractivity contribution >= 4 is 53.1 Å². The molecule has 14 atom stereocenters. The number of esters is 5. The van der Waals surface area contributed by atoms with Crippen molar-refractivity contribution < 1.29 is 96.0 Å². The van der Waals surface area contributed by atoms with E-state index in [1.165, 1.54) is 148 Å². The third-order valence-corrected chi connectivity index (χ3v) is 27.3. The maximum Gasteiger partial charge on any atom is 0.311 e. The lowest BCUT2D eigenvalue weighted by Crippen LogP contribution is -2.64. The maximum absolute atomic E-state index is 15.1. The molecule has 5 rings (SSSR count). The molecule has 0 radical (unpaired) electrons. The first kappa shape index (κ1) is 111. The highest BCUT2D eigenvalue weighted by Gasteiger charge is 2.57. The van der Waals surface area contributed by atoms with Crippen molar-refractivity contribution in [2.24, 2.45) is 35.5 Å². The summed E-state index contributed by atoms with van der Waals surface area (Å²) in [6.45, 7) is 25.5. The number of allylic oxidation sites excluding steroid dienone is 5. The lowest BCUT2D eigenvalue weighted by atomic mass is 9.75. The van der Waals surface area contributed by atoms with Gasteiger partial charge in [0.05, 0.1) is 36.9 Å². The molecule has 718 valence electrons. The first-order valence-electron chi connectivity index (χ1n) is 50.0. The van der Waals surface area contributed by atoms with Gasteiger partial charge in [-0.25, -0.2) is 0 Å². The average molecular weight is 1770 g/mol. The topological polar surface area (TPSA) is 280 Å². The molecule has 1 aliphatic carbocycles. The van der Waals surface area contributed by atoms with Gasteiger partial charge in [-0.2, -0.15) is 0 Å². The summed E-state index contributed by atoms with van der Waals surface area (Å²) in [6.07, 6.45) is 43.9. The molecular formula is C105H173NO20. The molecule has 126 heavy (non-hydrogen) atoms. The molecule has 2 N–H and O–H groups in total. The van der Waals surface area contributed by atoms with Gasteiger partial charge in [0.25, 0.3) is 11.7 Å². The highest BCUT2D eigenvalue weighted by molar-refractivity contribution is 6.39. The van der Waals surface area contributed by atoms with Gasteiger partial charge in [-0.05, 0) is 158 Å². The standard InChI is InChI=1S/C105H173NO20/c1-16-19-21-23-25-27-29-31-33-35-39-43-47-55-95(110)121-73-84(74-122-96(111)56-48-44-40-36-34-32-30-28-26-24-22-20-17-2)123-97(112)57-49-45-41-37-38-42-46-50-58-98(113)125-92-65-77(6)63-79(8)100(92)104(11,12)72-99(114)124-90-60-59-82(69-91(90)118-13)67-78(7)85-70-89(109)86-54-51-52-61-106(86)103(116)102(115)105(117)80(9)68-94(120-15)101(126-105)93(119-14)66-76(5)62-75(4)64-83(53-18-3)88(108)71-87(107)81(85)10/h18,63-65,67,76,80-87,90-91,93-94,101,107,117H,3,16-17,19-62,66,68-74H2,1-2,4-15H3/b75-64+,78-67+/t76-,80+,81-,82?,83+,85+,86-,87-,90+,91+,93-,94-,101+,105+/m0/s1. The van der Waals surface area contributed by atoms with Crippen molar-refractivity contribution in [2.45, 2.75) is 464 Å². The van der Waals surface area contributed by atoms with Crippen LogP contribution >= 0.6 is 0 Å². The number of aryl methyl sites for hydroxylation is 2. The zero-order valence-electron chi connectivity index (χ0n) is 81.1. The molecule has 1 saturated carbocycles. The summed E-state index contributed by atoms with van der Waals surface area (Å²) in [5.41, 5.74) is 3.45. The number of fused-ring (bicyclic) bond motifs is 3. The zero-order chi connectivity index (χ0) is 92.4. The molecule has 2 bridgehead atoms. The number of unbranched alkanes of at least 4 members (excludes halogenated alkanes) is 31. The van der Waals surface area contributed by atoms with Crippen LogP contribution in [-0.4, -0.2) is 164 Å². The molecule has 3 aliphatic heterocycles. The van der Waals surface area contributed by atoms with Gasteiger partial charge in [-0.3, -0.25) is 43.2 Å². The van der Waals surface area contributed by atoms with E-state index in [2.05, 4.69) is 26.5 Å². The molecule has 21 nitrogen and oxygen atoms in total. The molecule has 3 heterocycles. The van der Waals surface area contributed by atoms with Crippen LogP contribution in [0.4, 0.5) is 0 Å². The van der Waals surface area contributed by atoms with Crippen molar-refractivity contribution in [1.29, 1.82) is 0 Å². The molecule has 1 aromatic carbocycles. The summed E-state index contributed by atoms with van der Waals surface area (Å²) in [7, 11) is 4.66. The van der Waals surface area contributed by atoms with E-state index < -0.39 is 107 Å². The zero-order valence-corrected chi connectivity index (χ0v) is 81.1. The molecule has 21 heteroatoms. The number of benzene rings is 1. The van der Waals surface area contributed by atoms with E-state index in [0.29, 0.717) is 82.8 Å². The van der Waals surface area contributed by atoms with Gasteiger partial charge in [-0.15, -0.1) is 6.58 Å². The predicted octanol–water partition coefficient (Wildman–Crippen LogP) is 22.6. The van der Waals surface area contributed by atoms with Gasteiger partial charge < -0.3 is 57.7 Å². The molecule has 1 unspecified atom stereocenters. The van der Waals surface area contributed by atoms with Crippen molar-refractivity contribution in [2.75, 3.05) is 41.1 Å². The van der Waals surface area contributed by atoms with Crippen LogP contribution in [0.2, 0.25) is 0 Å². The SMILES string of the molecule is C=CC[C@@H]1/C=C(\C)C[C@H](C)C[C@H](OC)[C@H]2O[C@@](O)(C(=O)C(=O)N3CCCC[C@H]3C(=O)C[C@H](/C(C)=C/C3CC[C@@H](OC(=O)CC(C)(C)c4c(C)cc(C)cc4OC(=O)CCCCCCCCCCC(=O)OC(COC(=O)CCCCCCCCCCCCCCC)COC(=O)CCCCCCCCCCCCCCC)[C@H](OC)C3)[C@H](C)[C@@H](O)CC1=O)[C@H](C)C[C@@H]2OC. The monoisotopic (exact) mass is 1770 g/mol. The largest absolute Gasteiger partial charge is 0.462 e. The number of Topliss-reactive ketones (excluding diaryl/α,β-unsaturated/α-hetero) is 3. The minimum Gasteiger partial charge on any atom is -0.462 e. The summed E-state index contributed by atoms with van der Waals surface area (Å²) in [5.74, 6) is -9.42. The molecule has 1 aromatic rings. The molecule has 4 aliphatic rings. The Morgan fingerprint density at radius 2 is 1.06 bits per heavy atom. The highest BCUT2D eigenvalue weighted by Crippen LogP contribution is 2.43. The number of carbonyl (C=O) groups is 9. The van der Waals surface area contributed by atoms with E-state index in [0.717, 1.165) is 105 Å². The van der Waals surface area contributed by atoms with E-state index in [-0.39, 0.29) is 106 Å². The van der Waals surface area contributed by atoms with Crippen molar-refractivity contribution in [3.63, 3.8) is 0 Å². The number of piperidine rings is 1. The number of rotatable bonds is 56. The van der Waals surface area contributed by atoms with Gasteiger partial charge in [0.15, 0.2) is 11.9 Å². The van der Waals surface area contributed by atoms with Gasteiger partial charge in [0, 0.05) is 89.2 Å². The van der Waals surface area contributed by atoms with Crippen LogP contribution in [-0.2, 0) is 86.5 Å². The van der Waals surface area contributed by atoms with Crippen molar-refractivity contribution in [1.82, 2.24) is 4.90 Å². The summed E-state index contributed by atoms with van der Waals surface area (Å²) in [5, 5.41) is 24.6. The maximum atomic E-state index is 15.1. The highest BCUT2D eigenvalue weighted by atomic mass is 16.7. The van der Waals surface area contributed by atoms with Crippen LogP contribution in [0.3, 0.4) is 0 Å². The minimum absolute atomic E-state index is 0.0181. The fraction of sp³-hybridized carbons (Fsp3) is 0.800. The third-order valence-electron chi connectivity index (χ3n) is 27.3. The van der Waals surface area contributed by atoms with E-state index in [9.17, 15) is 48.6 Å². The van der Waals surface area contributed by atoms with E-state index in [1.807, 2.05) is 73.6 Å². The summed E-state index contributed by atoms with van der Waals surface area (Å²) >= 11 is 0. The van der Waals surface area contributed by atoms with E-state index in [1.54, 1.807) is 20.1 Å². The van der Waals surface area contributed by atoms with Crippen molar-refractivity contribution in [3.8, 4) is 5.75 Å². The van der Waals surface area contributed by atoms with Gasteiger partial charge >= 0.3 is 29.8 Å². The summed E-state index contributed by atoms with van der Waals surface area (Å²) in [4.78, 5) is 127. The number of ether oxygens (including phenoxy) is 9. The lowest BCUT2D eigenvalue weighted by molar-refractivity contribution is -0.302. The Morgan fingerprint density at radius 3 is 1.56 bits per heavy atom. The number of amides is 1. The Kier molecular flexibility index (Phi) is 54.1. The number of hydrogen-bond acceptors (Lipinski definition) is 20. The molecule has 0 aromatic heterocycles. The first-order chi connectivity index (χ1) is 60.4. The van der Waals surface area contributed by atoms with Gasteiger partial charge in [-0.1, -0.05) is 277 Å². The number of hydrogen-bond donors (Lipinski definition) is 2. The molecule has 1 amide bonds. The molecule has 3 fully saturated rings. The van der Waals surface area contributed by atoms with Crippen LogP contribution < -0.4 is 4.74 Å². The molecular weight excluding hydrogens is 1600 g/mol. The van der Waals surface area contributed by atoms with Crippen LogP contribution in [0, 0.1) is 49.4 Å². The normalized spacial score (nSPS) is 25.0. The number of aliphatic hydroxyl groups excluding tert-OH is 1.